The van der Waals surface area contributed by atoms with Crippen LogP contribution in [0, 0.1) is 0 Å². The summed E-state index contributed by atoms with van der Waals surface area (Å²) in [5, 5.41) is 0. The first-order valence-electron chi connectivity index (χ1n) is 3.68. The van der Waals surface area contributed by atoms with Crippen LogP contribution in [-0.2, 0) is 30.4 Å². The van der Waals surface area contributed by atoms with Gasteiger partial charge < -0.3 is 11.0 Å². The van der Waals surface area contributed by atoms with E-state index in [9.17, 15) is 9.59 Å². The molecule has 0 unspecified atom stereocenters. The third-order valence-corrected chi connectivity index (χ3v) is 0.644. The van der Waals surface area contributed by atoms with Crippen LogP contribution in [0.2, 0.25) is 0 Å². The van der Waals surface area contributed by atoms with E-state index in [-0.39, 0.29) is 31.0 Å². The fourth-order valence-corrected chi connectivity index (χ4v) is 0.285. The Morgan fingerprint density at radius 3 is 1.06 bits per heavy atom. The number of rotatable bonds is 4. The SMILES string of the molecule is O=CCCCC=O.O=S(=O)(O)O.O=S(=O)(O)O.[H-].[Na+]. The van der Waals surface area contributed by atoms with Gasteiger partial charge in [-0.25, -0.2) is 0 Å². The molecule has 0 saturated carbocycles. The van der Waals surface area contributed by atoms with Gasteiger partial charge in [0.05, 0.1) is 0 Å². The molecule has 106 valence electrons. The standard InChI is InChI=1S/C5H8O2.Na.2H2O4S.H/c6-4-2-1-3-5-7;;2*1-5(2,3)4;/h4-5H,1-3H2;;2*(H2,1,2,3,4);/q;+1;;;-1. The van der Waals surface area contributed by atoms with Crippen LogP contribution in [0.4, 0.5) is 0 Å². The summed E-state index contributed by atoms with van der Waals surface area (Å²) in [5.41, 5.74) is 0. The molecule has 0 saturated heterocycles. The third-order valence-electron chi connectivity index (χ3n) is 0.644. The Morgan fingerprint density at radius 1 is 0.778 bits per heavy atom. The minimum atomic E-state index is -4.67. The van der Waals surface area contributed by atoms with E-state index in [1.54, 1.807) is 0 Å². The van der Waals surface area contributed by atoms with E-state index in [0.717, 1.165) is 12.6 Å². The van der Waals surface area contributed by atoms with Gasteiger partial charge >= 0.3 is 50.4 Å². The Bertz CT molecular complexity index is 336. The number of aldehydes is 2. The molecular weight excluding hydrogens is 307 g/mol. The Kier molecular flexibility index (Phi) is 22.4. The molecule has 0 atom stereocenters. The van der Waals surface area contributed by atoms with Crippen molar-refractivity contribution >= 4 is 33.4 Å². The molecule has 0 amide bonds. The van der Waals surface area contributed by atoms with Crippen molar-refractivity contribution < 1.29 is 75.6 Å². The van der Waals surface area contributed by atoms with Crippen molar-refractivity contribution in [3.63, 3.8) is 0 Å². The van der Waals surface area contributed by atoms with Gasteiger partial charge in [0.25, 0.3) is 0 Å². The zero-order valence-corrected chi connectivity index (χ0v) is 13.0. The van der Waals surface area contributed by atoms with Crippen LogP contribution in [0.3, 0.4) is 0 Å². The molecule has 0 heterocycles. The molecule has 0 aliphatic heterocycles. The molecule has 0 rings (SSSR count). The predicted molar refractivity (Wildman–Crippen MR) is 55.4 cm³/mol. The maximum Gasteiger partial charge on any atom is 1.00 e. The largest absolute Gasteiger partial charge is 1.00 e. The van der Waals surface area contributed by atoms with Crippen molar-refractivity contribution in [2.75, 3.05) is 0 Å². The van der Waals surface area contributed by atoms with Crippen LogP contribution in [0.1, 0.15) is 20.7 Å². The average Bonchev–Trinajstić information content (AvgIpc) is 1.99. The van der Waals surface area contributed by atoms with Crippen LogP contribution in [0.25, 0.3) is 0 Å². The third kappa shape index (κ3) is 220. The Balaban J connectivity index is -0.0000000500. The molecule has 10 nitrogen and oxygen atoms in total. The molecule has 0 fully saturated rings. The van der Waals surface area contributed by atoms with Crippen LogP contribution in [0.5, 0.6) is 0 Å². The average molecular weight is 320 g/mol. The van der Waals surface area contributed by atoms with E-state index in [0.29, 0.717) is 19.3 Å². The molecular formula is C5H13NaO10S2. The van der Waals surface area contributed by atoms with Crippen LogP contribution in [0.15, 0.2) is 0 Å². The van der Waals surface area contributed by atoms with E-state index in [1.165, 1.54) is 0 Å². The van der Waals surface area contributed by atoms with E-state index in [1.807, 2.05) is 0 Å². The van der Waals surface area contributed by atoms with Crippen LogP contribution >= 0.6 is 0 Å². The van der Waals surface area contributed by atoms with E-state index in [2.05, 4.69) is 0 Å². The van der Waals surface area contributed by atoms with Gasteiger partial charge in [-0.2, -0.15) is 16.8 Å². The first-order chi connectivity index (χ1) is 7.41. The number of hydrogen-bond acceptors (Lipinski definition) is 6. The molecule has 18 heavy (non-hydrogen) atoms. The summed E-state index contributed by atoms with van der Waals surface area (Å²) < 4.78 is 63.2. The van der Waals surface area contributed by atoms with E-state index < -0.39 is 20.8 Å². The molecule has 0 aromatic heterocycles. The van der Waals surface area contributed by atoms with Gasteiger partial charge in [0.1, 0.15) is 12.6 Å². The Hall–Kier alpha value is 0.0800. The second kappa shape index (κ2) is 15.1. The van der Waals surface area contributed by atoms with Gasteiger partial charge in [0, 0.05) is 12.8 Å². The van der Waals surface area contributed by atoms with Gasteiger partial charge in [-0.1, -0.05) is 0 Å². The summed E-state index contributed by atoms with van der Waals surface area (Å²) >= 11 is 0. The molecule has 0 bridgehead atoms. The maximum atomic E-state index is 9.56. The van der Waals surface area contributed by atoms with Gasteiger partial charge in [-0.05, 0) is 6.42 Å². The monoisotopic (exact) mass is 320 g/mol. The van der Waals surface area contributed by atoms with Crippen LogP contribution < -0.4 is 29.6 Å². The second-order valence-corrected chi connectivity index (χ2v) is 3.95. The van der Waals surface area contributed by atoms with Crippen molar-refractivity contribution in [2.45, 2.75) is 19.3 Å². The summed E-state index contributed by atoms with van der Waals surface area (Å²) in [6.45, 7) is 0. The fraction of sp³-hybridized carbons (Fsp3) is 0.600. The van der Waals surface area contributed by atoms with E-state index in [4.69, 9.17) is 35.0 Å². The molecule has 0 aliphatic rings. The normalized spacial score (nSPS) is 9.56. The zero-order chi connectivity index (χ0) is 14.5. The van der Waals surface area contributed by atoms with Crippen molar-refractivity contribution in [1.29, 1.82) is 0 Å². The smallest absolute Gasteiger partial charge is 1.00 e. The second-order valence-electron chi connectivity index (χ2n) is 2.16. The fourth-order valence-electron chi connectivity index (χ4n) is 0.285. The topological polar surface area (TPSA) is 183 Å². The molecule has 0 aromatic rings. The predicted octanol–water partition coefficient (Wildman–Crippen LogP) is -3.63. The quantitative estimate of drug-likeness (QED) is 0.174. The first kappa shape index (κ1) is 26.6. The summed E-state index contributed by atoms with van der Waals surface area (Å²) in [6, 6.07) is 0. The number of hydrogen-bond donors (Lipinski definition) is 4. The van der Waals surface area contributed by atoms with Crippen LogP contribution in [-0.4, -0.2) is 47.6 Å². The summed E-state index contributed by atoms with van der Waals surface area (Å²) in [5.74, 6) is 0. The minimum absolute atomic E-state index is 0. The minimum Gasteiger partial charge on any atom is -1.00 e. The number of unbranched alkanes of at least 4 members (excludes halogenated alkanes) is 2. The summed E-state index contributed by atoms with van der Waals surface area (Å²) in [6.07, 6.45) is 3.37. The molecule has 0 radical (unpaired) electrons. The summed E-state index contributed by atoms with van der Waals surface area (Å²) in [7, 11) is -9.33. The molecule has 4 N–H and O–H groups in total. The summed E-state index contributed by atoms with van der Waals surface area (Å²) in [4.78, 5) is 19.1. The van der Waals surface area contributed by atoms with Crippen molar-refractivity contribution in [3.8, 4) is 0 Å². The Labute approximate surface area is 128 Å². The van der Waals surface area contributed by atoms with Crippen molar-refractivity contribution in [3.05, 3.63) is 0 Å². The molecule has 0 aromatic carbocycles. The Morgan fingerprint density at radius 2 is 0.944 bits per heavy atom. The molecule has 0 spiro atoms. The van der Waals surface area contributed by atoms with Gasteiger partial charge in [0.2, 0.25) is 0 Å². The van der Waals surface area contributed by atoms with Gasteiger partial charge in [-0.3, -0.25) is 18.2 Å². The van der Waals surface area contributed by atoms with Gasteiger partial charge in [-0.15, -0.1) is 0 Å². The number of carbonyl (C=O) groups excluding carboxylic acids is 2. The maximum absolute atomic E-state index is 9.56. The van der Waals surface area contributed by atoms with Gasteiger partial charge in [0.15, 0.2) is 0 Å². The van der Waals surface area contributed by atoms with E-state index >= 15 is 0 Å². The number of carbonyl (C=O) groups is 2. The van der Waals surface area contributed by atoms with Crippen molar-refractivity contribution in [1.82, 2.24) is 0 Å². The molecule has 13 heteroatoms. The molecule has 0 aliphatic carbocycles. The van der Waals surface area contributed by atoms with Crippen molar-refractivity contribution in [2.24, 2.45) is 0 Å². The first-order valence-corrected chi connectivity index (χ1v) is 6.48. The zero-order valence-electron chi connectivity index (χ0n) is 10.3.